The minimum Gasteiger partial charge on any atom is -0.406 e. The second-order valence-corrected chi connectivity index (χ2v) is 11.0. The van der Waals surface area contributed by atoms with Gasteiger partial charge < -0.3 is 10.1 Å². The molecule has 0 atom stereocenters. The first-order valence-electron chi connectivity index (χ1n) is 13.4. The smallest absolute Gasteiger partial charge is 0.406 e. The van der Waals surface area contributed by atoms with Crippen LogP contribution in [0.5, 0.6) is 5.75 Å². The highest BCUT2D eigenvalue weighted by molar-refractivity contribution is 6.30. The molecule has 2 aromatic carbocycles. The molecule has 2 aliphatic rings. The lowest BCUT2D eigenvalue weighted by molar-refractivity contribution is -0.274. The number of nitrogens with one attached hydrogen (secondary N) is 1. The van der Waals surface area contributed by atoms with E-state index < -0.39 is 29.7 Å². The van der Waals surface area contributed by atoms with Gasteiger partial charge in [0.25, 0.3) is 0 Å². The van der Waals surface area contributed by atoms with Crippen LogP contribution in [0.15, 0.2) is 66.9 Å². The number of anilines is 1. The van der Waals surface area contributed by atoms with Crippen molar-refractivity contribution in [2.45, 2.75) is 37.3 Å². The lowest BCUT2D eigenvalue weighted by Gasteiger charge is -2.39. The summed E-state index contributed by atoms with van der Waals surface area (Å²) >= 11 is 5.94. The third-order valence-corrected chi connectivity index (χ3v) is 7.94. The largest absolute Gasteiger partial charge is 0.573 e. The molecule has 2 amide bonds. The van der Waals surface area contributed by atoms with Crippen LogP contribution in [0.3, 0.4) is 0 Å². The highest BCUT2D eigenvalue weighted by Gasteiger charge is 2.47. The third-order valence-electron chi connectivity index (χ3n) is 7.69. The molecule has 228 valence electrons. The van der Waals surface area contributed by atoms with Crippen molar-refractivity contribution in [1.29, 1.82) is 0 Å². The molecule has 1 saturated heterocycles. The zero-order chi connectivity index (χ0) is 30.8. The maximum absolute atomic E-state index is 13.3. The molecular formula is C30H27ClF6N4O2. The SMILES string of the molecule is O=C(NCc1ccnc(C(F)(F)F)c1)N1CC2(CCN(CC=Cc3ccc(Cl)cc3)CC2)c2cc(OC(F)(F)F)ccc21. The summed E-state index contributed by atoms with van der Waals surface area (Å²) in [5.41, 5.74) is 0.532. The summed E-state index contributed by atoms with van der Waals surface area (Å²) in [6, 6.07) is 13.0. The fourth-order valence-electron chi connectivity index (χ4n) is 5.54. The van der Waals surface area contributed by atoms with Crippen LogP contribution in [0.4, 0.5) is 36.8 Å². The quantitative estimate of drug-likeness (QED) is 0.290. The number of alkyl halides is 6. The van der Waals surface area contributed by atoms with Crippen LogP contribution in [0.25, 0.3) is 6.08 Å². The van der Waals surface area contributed by atoms with Crippen molar-refractivity contribution in [1.82, 2.24) is 15.2 Å². The maximum atomic E-state index is 13.3. The average Bonchev–Trinajstić information content (AvgIpc) is 3.26. The Morgan fingerprint density at radius 1 is 1.02 bits per heavy atom. The predicted octanol–water partition coefficient (Wildman–Crippen LogP) is 7.43. The molecule has 1 spiro atoms. The fraction of sp³-hybridized carbons (Fsp3) is 0.333. The van der Waals surface area contributed by atoms with Gasteiger partial charge in [-0.25, -0.2) is 4.79 Å². The number of carbonyl (C=O) groups is 1. The van der Waals surface area contributed by atoms with E-state index in [-0.39, 0.29) is 24.4 Å². The number of amides is 2. The third kappa shape index (κ3) is 7.42. The van der Waals surface area contributed by atoms with Crippen LogP contribution in [0.1, 0.15) is 35.2 Å². The van der Waals surface area contributed by atoms with E-state index in [0.717, 1.165) is 23.9 Å². The zero-order valence-electron chi connectivity index (χ0n) is 22.7. The summed E-state index contributed by atoms with van der Waals surface area (Å²) in [7, 11) is 0. The number of fused-ring (bicyclic) bond motifs is 2. The lowest BCUT2D eigenvalue weighted by Crippen LogP contribution is -2.47. The van der Waals surface area contributed by atoms with Crippen LogP contribution < -0.4 is 15.0 Å². The summed E-state index contributed by atoms with van der Waals surface area (Å²) in [6.07, 6.45) is -3.32. The van der Waals surface area contributed by atoms with E-state index in [1.54, 1.807) is 12.1 Å². The molecule has 1 N–H and O–H groups in total. The second kappa shape index (κ2) is 12.1. The Kier molecular flexibility index (Phi) is 8.62. The van der Waals surface area contributed by atoms with Crippen molar-refractivity contribution < 1.29 is 35.9 Å². The molecule has 0 unspecified atom stereocenters. The van der Waals surface area contributed by atoms with Crippen LogP contribution >= 0.6 is 11.6 Å². The molecule has 1 aromatic heterocycles. The number of nitrogens with zero attached hydrogens (tertiary/aromatic N) is 3. The number of halogens is 7. The number of likely N-dealkylation sites (tertiary alicyclic amines) is 1. The molecule has 1 fully saturated rings. The first-order chi connectivity index (χ1) is 20.3. The Morgan fingerprint density at radius 2 is 1.74 bits per heavy atom. The lowest BCUT2D eigenvalue weighted by atomic mass is 9.74. The number of hydrogen-bond donors (Lipinski definition) is 1. The van der Waals surface area contributed by atoms with Crippen molar-refractivity contribution in [3.8, 4) is 5.75 Å². The topological polar surface area (TPSA) is 57.7 Å². The van der Waals surface area contributed by atoms with E-state index in [2.05, 4.69) is 19.9 Å². The van der Waals surface area contributed by atoms with Crippen molar-refractivity contribution in [2.24, 2.45) is 0 Å². The van der Waals surface area contributed by atoms with Gasteiger partial charge in [-0.1, -0.05) is 35.9 Å². The minimum atomic E-state index is -4.88. The summed E-state index contributed by atoms with van der Waals surface area (Å²) in [5, 5.41) is 3.29. The van der Waals surface area contributed by atoms with Gasteiger partial charge >= 0.3 is 18.6 Å². The van der Waals surface area contributed by atoms with Gasteiger partial charge in [0.2, 0.25) is 0 Å². The Bertz CT molecular complexity index is 1490. The Hall–Kier alpha value is -3.77. The van der Waals surface area contributed by atoms with Crippen molar-refractivity contribution in [2.75, 3.05) is 31.1 Å². The molecule has 6 nitrogen and oxygen atoms in total. The van der Waals surface area contributed by atoms with Crippen LogP contribution in [0, 0.1) is 0 Å². The summed E-state index contributed by atoms with van der Waals surface area (Å²) in [5.74, 6) is -0.377. The van der Waals surface area contributed by atoms with Crippen LogP contribution in [-0.2, 0) is 18.1 Å². The number of hydrogen-bond acceptors (Lipinski definition) is 4. The van der Waals surface area contributed by atoms with E-state index in [1.807, 2.05) is 24.3 Å². The van der Waals surface area contributed by atoms with Gasteiger partial charge in [-0.05, 0) is 85.1 Å². The molecule has 3 heterocycles. The first kappa shape index (κ1) is 30.7. The predicted molar refractivity (Wildman–Crippen MR) is 150 cm³/mol. The van der Waals surface area contributed by atoms with Crippen molar-refractivity contribution in [3.63, 3.8) is 0 Å². The first-order valence-corrected chi connectivity index (χ1v) is 13.8. The van der Waals surface area contributed by atoms with Gasteiger partial charge in [-0.3, -0.25) is 14.8 Å². The number of piperidine rings is 1. The minimum absolute atomic E-state index is 0.188. The molecule has 0 saturated carbocycles. The fourth-order valence-corrected chi connectivity index (χ4v) is 5.67. The number of aromatic nitrogens is 1. The molecule has 3 aromatic rings. The van der Waals surface area contributed by atoms with E-state index in [9.17, 15) is 31.1 Å². The highest BCUT2D eigenvalue weighted by atomic mass is 35.5. The normalized spacial score (nSPS) is 17.0. The van der Waals surface area contributed by atoms with Gasteiger partial charge in [-0.15, -0.1) is 13.2 Å². The molecule has 13 heteroatoms. The number of carbonyl (C=O) groups excluding carboxylic acids is 1. The Labute approximate surface area is 248 Å². The van der Waals surface area contributed by atoms with Crippen molar-refractivity contribution >= 4 is 29.4 Å². The number of rotatable bonds is 6. The standard InChI is InChI=1S/C30H27ClF6N4O2/c31-22-5-3-20(4-6-22)2-1-13-40-14-10-28(11-15-40)19-41(25-8-7-23(17-24(25)28)43-30(35,36)37)27(42)39-18-21-9-12-38-26(16-21)29(32,33)34/h1-9,12,16-17H,10-11,13-15,18-19H2,(H,39,42). The molecule has 5 rings (SSSR count). The van der Waals surface area contributed by atoms with Gasteiger partial charge in [0.05, 0.1) is 0 Å². The van der Waals surface area contributed by atoms with E-state index >= 15 is 0 Å². The van der Waals surface area contributed by atoms with Crippen LogP contribution in [-0.4, -0.2) is 48.5 Å². The highest BCUT2D eigenvalue weighted by Crippen LogP contribution is 2.48. The molecule has 0 radical (unpaired) electrons. The molecule has 2 aliphatic heterocycles. The maximum Gasteiger partial charge on any atom is 0.573 e. The summed E-state index contributed by atoms with van der Waals surface area (Å²) < 4.78 is 82.4. The van der Waals surface area contributed by atoms with Gasteiger partial charge in [0.15, 0.2) is 0 Å². The van der Waals surface area contributed by atoms with Crippen molar-refractivity contribution in [3.05, 3.63) is 94.3 Å². The second-order valence-electron chi connectivity index (χ2n) is 10.6. The number of pyridine rings is 1. The zero-order valence-corrected chi connectivity index (χ0v) is 23.4. The van der Waals surface area contributed by atoms with Gasteiger partial charge in [0.1, 0.15) is 11.4 Å². The van der Waals surface area contributed by atoms with Crippen LogP contribution in [0.2, 0.25) is 5.02 Å². The molecule has 0 bridgehead atoms. The van der Waals surface area contributed by atoms with E-state index in [0.29, 0.717) is 48.7 Å². The van der Waals surface area contributed by atoms with E-state index in [1.165, 1.54) is 23.1 Å². The van der Waals surface area contributed by atoms with Gasteiger partial charge in [0, 0.05) is 42.0 Å². The van der Waals surface area contributed by atoms with Gasteiger partial charge in [-0.2, -0.15) is 13.2 Å². The summed E-state index contributed by atoms with van der Waals surface area (Å²) in [4.78, 5) is 20.3. The molecule has 0 aliphatic carbocycles. The average molecular weight is 625 g/mol. The Balaban J connectivity index is 1.30. The number of ether oxygens (including phenoxy) is 1. The monoisotopic (exact) mass is 624 g/mol. The van der Waals surface area contributed by atoms with E-state index in [4.69, 9.17) is 11.6 Å². The molecular weight excluding hydrogens is 598 g/mol. The number of urea groups is 1. The summed E-state index contributed by atoms with van der Waals surface area (Å²) in [6.45, 7) is 1.97. The number of benzene rings is 2. The Morgan fingerprint density at radius 3 is 2.42 bits per heavy atom. The molecule has 43 heavy (non-hydrogen) atoms.